The van der Waals surface area contributed by atoms with Gasteiger partial charge in [0, 0.05) is 32.0 Å². The summed E-state index contributed by atoms with van der Waals surface area (Å²) in [7, 11) is 0. The summed E-state index contributed by atoms with van der Waals surface area (Å²) in [6, 6.07) is 5.26. The predicted octanol–water partition coefficient (Wildman–Crippen LogP) is 1.45. The van der Waals surface area contributed by atoms with Gasteiger partial charge in [-0.05, 0) is 12.1 Å². The van der Waals surface area contributed by atoms with Crippen LogP contribution in [0, 0.1) is 11.7 Å². The number of hydrogen-bond acceptors (Lipinski definition) is 3. The van der Waals surface area contributed by atoms with Crippen molar-refractivity contribution in [1.82, 2.24) is 4.90 Å². The first kappa shape index (κ1) is 13.4. The lowest BCUT2D eigenvalue weighted by Gasteiger charge is -2.30. The van der Waals surface area contributed by atoms with Crippen LogP contribution in [0.25, 0.3) is 0 Å². The Bertz CT molecular complexity index is 541. The summed E-state index contributed by atoms with van der Waals surface area (Å²) in [4.78, 5) is 36.8. The van der Waals surface area contributed by atoms with E-state index in [0.29, 0.717) is 6.54 Å². The van der Waals surface area contributed by atoms with Crippen LogP contribution in [0.4, 0.5) is 4.39 Å². The number of nitrogens with zero attached hydrogens (tertiary/aromatic N) is 1. The first-order valence-corrected chi connectivity index (χ1v) is 6.07. The highest BCUT2D eigenvalue weighted by molar-refractivity contribution is 6.11. The maximum absolute atomic E-state index is 13.1. The van der Waals surface area contributed by atoms with Crippen LogP contribution >= 0.6 is 0 Å². The molecule has 1 fully saturated rings. The van der Waals surface area contributed by atoms with E-state index in [0.717, 1.165) is 6.07 Å². The molecule has 1 heterocycles. The minimum Gasteiger partial charge on any atom is -0.341 e. The van der Waals surface area contributed by atoms with Crippen molar-refractivity contribution in [3.05, 3.63) is 35.6 Å². The fourth-order valence-electron chi connectivity index (χ4n) is 2.19. The van der Waals surface area contributed by atoms with E-state index >= 15 is 0 Å². The molecular formula is C14H14FNO3. The Morgan fingerprint density at radius 3 is 2.74 bits per heavy atom. The quantitative estimate of drug-likeness (QED) is 0.599. The van der Waals surface area contributed by atoms with Crippen molar-refractivity contribution in [2.75, 3.05) is 13.1 Å². The number of halogens is 1. The molecule has 1 unspecified atom stereocenters. The molecule has 0 spiro atoms. The lowest BCUT2D eigenvalue weighted by atomic mass is 9.89. The lowest BCUT2D eigenvalue weighted by Crippen LogP contribution is -2.46. The molecule has 0 radical (unpaired) electrons. The van der Waals surface area contributed by atoms with Gasteiger partial charge in [0.15, 0.2) is 5.78 Å². The molecule has 100 valence electrons. The first-order valence-electron chi connectivity index (χ1n) is 6.07. The zero-order valence-electron chi connectivity index (χ0n) is 10.6. The highest BCUT2D eigenvalue weighted by atomic mass is 19.1. The van der Waals surface area contributed by atoms with E-state index < -0.39 is 17.5 Å². The van der Waals surface area contributed by atoms with Crippen molar-refractivity contribution in [3.63, 3.8) is 0 Å². The van der Waals surface area contributed by atoms with Crippen LogP contribution in [0.2, 0.25) is 0 Å². The van der Waals surface area contributed by atoms with E-state index in [2.05, 4.69) is 0 Å². The molecule has 0 aliphatic carbocycles. The van der Waals surface area contributed by atoms with Crippen molar-refractivity contribution < 1.29 is 18.8 Å². The fourth-order valence-corrected chi connectivity index (χ4v) is 2.19. The zero-order chi connectivity index (χ0) is 14.0. The molecule has 1 aromatic rings. The molecule has 0 aromatic heterocycles. The Labute approximate surface area is 110 Å². The monoisotopic (exact) mass is 263 g/mol. The van der Waals surface area contributed by atoms with Crippen molar-refractivity contribution >= 4 is 17.5 Å². The number of amides is 1. The molecule has 19 heavy (non-hydrogen) atoms. The number of ketones is 2. The first-order chi connectivity index (χ1) is 8.99. The second-order valence-electron chi connectivity index (χ2n) is 4.61. The molecule has 0 saturated carbocycles. The summed E-state index contributed by atoms with van der Waals surface area (Å²) in [6.07, 6.45) is 0.172. The van der Waals surface area contributed by atoms with E-state index in [-0.39, 0.29) is 30.2 Å². The van der Waals surface area contributed by atoms with Crippen molar-refractivity contribution in [2.24, 2.45) is 5.92 Å². The molecule has 1 saturated heterocycles. The molecule has 1 aliphatic rings. The van der Waals surface area contributed by atoms with Crippen LogP contribution in [0.3, 0.4) is 0 Å². The van der Waals surface area contributed by atoms with Gasteiger partial charge in [-0.1, -0.05) is 12.1 Å². The Kier molecular flexibility index (Phi) is 3.74. The molecule has 0 bridgehead atoms. The Morgan fingerprint density at radius 1 is 1.37 bits per heavy atom. The molecule has 5 heteroatoms. The Balaban J connectivity index is 2.21. The van der Waals surface area contributed by atoms with Crippen molar-refractivity contribution in [2.45, 2.75) is 13.3 Å². The van der Waals surface area contributed by atoms with Gasteiger partial charge in [-0.2, -0.15) is 0 Å². The summed E-state index contributed by atoms with van der Waals surface area (Å²) < 4.78 is 13.1. The number of piperidine rings is 1. The number of benzene rings is 1. The molecule has 2 rings (SSSR count). The van der Waals surface area contributed by atoms with E-state index in [9.17, 15) is 18.8 Å². The largest absolute Gasteiger partial charge is 0.341 e. The van der Waals surface area contributed by atoms with Crippen LogP contribution in [0.5, 0.6) is 0 Å². The molecule has 4 nitrogen and oxygen atoms in total. The third kappa shape index (κ3) is 2.86. The van der Waals surface area contributed by atoms with E-state index in [4.69, 9.17) is 0 Å². The topological polar surface area (TPSA) is 54.5 Å². The summed E-state index contributed by atoms with van der Waals surface area (Å²) >= 11 is 0. The average molecular weight is 263 g/mol. The van der Waals surface area contributed by atoms with E-state index in [1.165, 1.54) is 30.0 Å². The third-order valence-electron chi connectivity index (χ3n) is 3.29. The maximum atomic E-state index is 13.1. The zero-order valence-corrected chi connectivity index (χ0v) is 10.6. The molecule has 1 aliphatic heterocycles. The number of rotatable bonds is 2. The van der Waals surface area contributed by atoms with Gasteiger partial charge in [-0.15, -0.1) is 0 Å². The van der Waals surface area contributed by atoms with Gasteiger partial charge in [0.2, 0.25) is 5.91 Å². The van der Waals surface area contributed by atoms with Gasteiger partial charge in [-0.3, -0.25) is 14.4 Å². The van der Waals surface area contributed by atoms with Gasteiger partial charge < -0.3 is 4.90 Å². The number of likely N-dealkylation sites (tertiary alicyclic amines) is 1. The molecule has 1 atom stereocenters. The fraction of sp³-hybridized carbons (Fsp3) is 0.357. The van der Waals surface area contributed by atoms with E-state index in [1.54, 1.807) is 0 Å². The summed E-state index contributed by atoms with van der Waals surface area (Å²) in [6.45, 7) is 1.84. The Hall–Kier alpha value is -2.04. The average Bonchev–Trinajstić information content (AvgIpc) is 2.38. The van der Waals surface area contributed by atoms with Crippen LogP contribution in [-0.2, 0) is 9.59 Å². The summed E-state index contributed by atoms with van der Waals surface area (Å²) in [5, 5.41) is 0. The minimum atomic E-state index is -0.876. The van der Waals surface area contributed by atoms with Crippen LogP contribution in [0.15, 0.2) is 24.3 Å². The van der Waals surface area contributed by atoms with Gasteiger partial charge in [-0.25, -0.2) is 4.39 Å². The normalized spacial score (nSPS) is 19.4. The van der Waals surface area contributed by atoms with E-state index in [1.807, 2.05) is 0 Å². The van der Waals surface area contributed by atoms with Crippen molar-refractivity contribution in [1.29, 1.82) is 0 Å². The highest BCUT2D eigenvalue weighted by Gasteiger charge is 2.34. The van der Waals surface area contributed by atoms with Gasteiger partial charge in [0.05, 0.1) is 5.92 Å². The van der Waals surface area contributed by atoms with Gasteiger partial charge >= 0.3 is 0 Å². The number of carbonyl (C=O) groups excluding carboxylic acids is 3. The summed E-state index contributed by atoms with van der Waals surface area (Å²) in [5.41, 5.74) is 0.170. The number of hydrogen-bond donors (Lipinski definition) is 0. The maximum Gasteiger partial charge on any atom is 0.219 e. The second-order valence-corrected chi connectivity index (χ2v) is 4.61. The number of carbonyl (C=O) groups is 3. The smallest absolute Gasteiger partial charge is 0.219 e. The minimum absolute atomic E-state index is 0.0868. The molecule has 1 aromatic carbocycles. The molecule has 0 N–H and O–H groups in total. The number of Topliss-reactive ketones (excluding diaryl/α,β-unsaturated/α-hetero) is 2. The van der Waals surface area contributed by atoms with Gasteiger partial charge in [0.25, 0.3) is 0 Å². The lowest BCUT2D eigenvalue weighted by molar-refractivity contribution is -0.134. The van der Waals surface area contributed by atoms with Crippen molar-refractivity contribution in [3.8, 4) is 0 Å². The van der Waals surface area contributed by atoms with Gasteiger partial charge in [0.1, 0.15) is 11.6 Å². The van der Waals surface area contributed by atoms with Crippen LogP contribution in [0.1, 0.15) is 23.7 Å². The SMILES string of the molecule is CC(=O)N1CCC(=O)C(C(=O)c2cccc(F)c2)C1. The van der Waals surface area contributed by atoms with Crippen LogP contribution in [-0.4, -0.2) is 35.5 Å². The standard InChI is InChI=1S/C14H14FNO3/c1-9(17)16-6-5-13(18)12(8-16)14(19)10-3-2-4-11(15)7-10/h2-4,7,12H,5-6,8H2,1H3. The molecule has 1 amide bonds. The predicted molar refractivity (Wildman–Crippen MR) is 66.1 cm³/mol. The van der Waals surface area contributed by atoms with Crippen LogP contribution < -0.4 is 0 Å². The highest BCUT2D eigenvalue weighted by Crippen LogP contribution is 2.19. The summed E-state index contributed by atoms with van der Waals surface area (Å²) in [5.74, 6) is -2.16. The third-order valence-corrected chi connectivity index (χ3v) is 3.29. The second kappa shape index (κ2) is 5.30. The Morgan fingerprint density at radius 2 is 2.11 bits per heavy atom. The molecular weight excluding hydrogens is 249 g/mol.